The summed E-state index contributed by atoms with van der Waals surface area (Å²) < 4.78 is 11.7. The molecule has 0 amide bonds. The highest BCUT2D eigenvalue weighted by atomic mass is 32.2. The maximum atomic E-state index is 6.14. The van der Waals surface area contributed by atoms with Crippen LogP contribution < -0.4 is 15.4 Å². The molecule has 172 valence electrons. The molecule has 1 atom stereocenters. The molecule has 3 aliphatic rings. The van der Waals surface area contributed by atoms with Gasteiger partial charge in [-0.05, 0) is 56.4 Å². The van der Waals surface area contributed by atoms with Crippen LogP contribution in [-0.2, 0) is 11.3 Å². The molecule has 1 aromatic rings. The molecule has 31 heavy (non-hydrogen) atoms. The molecule has 0 spiro atoms. The maximum absolute atomic E-state index is 6.14. The molecule has 0 radical (unpaired) electrons. The predicted octanol–water partition coefficient (Wildman–Crippen LogP) is 3.05. The fourth-order valence-corrected chi connectivity index (χ4v) is 5.79. The number of hydrogen-bond donors (Lipinski definition) is 2. The lowest BCUT2D eigenvalue weighted by molar-refractivity contribution is -0.0120. The highest BCUT2D eigenvalue weighted by Gasteiger charge is 2.40. The van der Waals surface area contributed by atoms with E-state index in [0.29, 0.717) is 6.54 Å². The van der Waals surface area contributed by atoms with E-state index in [-0.39, 0.29) is 5.54 Å². The van der Waals surface area contributed by atoms with Gasteiger partial charge in [-0.1, -0.05) is 12.1 Å². The Morgan fingerprint density at radius 3 is 2.84 bits per heavy atom. The number of morpholine rings is 1. The quantitative estimate of drug-likeness (QED) is 0.449. The normalized spacial score (nSPS) is 24.9. The lowest BCUT2D eigenvalue weighted by Crippen LogP contribution is -2.60. The molecule has 1 aromatic carbocycles. The van der Waals surface area contributed by atoms with Gasteiger partial charge >= 0.3 is 0 Å². The molecule has 0 aromatic heterocycles. The Labute approximate surface area is 191 Å². The first-order chi connectivity index (χ1) is 15.2. The van der Waals surface area contributed by atoms with Crippen LogP contribution in [0.1, 0.15) is 37.3 Å². The van der Waals surface area contributed by atoms with Crippen molar-refractivity contribution >= 4 is 17.7 Å². The van der Waals surface area contributed by atoms with E-state index >= 15 is 0 Å². The highest BCUT2D eigenvalue weighted by molar-refractivity contribution is 7.99. The summed E-state index contributed by atoms with van der Waals surface area (Å²) in [5.41, 5.74) is 2.59. The molecule has 1 saturated carbocycles. The summed E-state index contributed by atoms with van der Waals surface area (Å²) in [5, 5.41) is 7.10. The van der Waals surface area contributed by atoms with E-state index in [1.54, 1.807) is 0 Å². The molecule has 6 nitrogen and oxygen atoms in total. The van der Waals surface area contributed by atoms with Crippen molar-refractivity contribution in [3.8, 4) is 5.75 Å². The molecule has 2 N–H and O–H groups in total. The van der Waals surface area contributed by atoms with Crippen LogP contribution in [0.2, 0.25) is 0 Å². The zero-order valence-corrected chi connectivity index (χ0v) is 19.9. The van der Waals surface area contributed by atoms with Gasteiger partial charge in [0.05, 0.1) is 26.4 Å². The van der Waals surface area contributed by atoms with Gasteiger partial charge in [0.15, 0.2) is 5.96 Å². The second-order valence-corrected chi connectivity index (χ2v) is 10.1. The molecule has 3 fully saturated rings. The maximum Gasteiger partial charge on any atom is 0.191 e. The van der Waals surface area contributed by atoms with Crippen LogP contribution in [0.4, 0.5) is 0 Å². The van der Waals surface area contributed by atoms with Gasteiger partial charge in [0.1, 0.15) is 5.75 Å². The lowest BCUT2D eigenvalue weighted by Gasteiger charge is -2.43. The summed E-state index contributed by atoms with van der Waals surface area (Å²) >= 11 is 2.07. The molecule has 2 heterocycles. The van der Waals surface area contributed by atoms with E-state index < -0.39 is 0 Å². The first-order valence-corrected chi connectivity index (χ1v) is 13.0. The second kappa shape index (κ2) is 10.9. The fourth-order valence-electron chi connectivity index (χ4n) is 4.31. The van der Waals surface area contributed by atoms with Gasteiger partial charge < -0.3 is 20.1 Å². The first-order valence-electron chi connectivity index (χ1n) is 11.8. The van der Waals surface area contributed by atoms with E-state index in [1.807, 2.05) is 0 Å². The van der Waals surface area contributed by atoms with Crippen molar-refractivity contribution in [3.63, 3.8) is 0 Å². The number of benzene rings is 1. The van der Waals surface area contributed by atoms with Gasteiger partial charge in [0, 0.05) is 43.0 Å². The van der Waals surface area contributed by atoms with Crippen LogP contribution in [0.15, 0.2) is 23.2 Å². The molecule has 2 saturated heterocycles. The van der Waals surface area contributed by atoms with Crippen LogP contribution in [0, 0.1) is 12.8 Å². The van der Waals surface area contributed by atoms with Crippen molar-refractivity contribution in [1.82, 2.24) is 15.5 Å². The number of nitrogens with one attached hydrogen (secondary N) is 2. The third-order valence-electron chi connectivity index (χ3n) is 6.50. The number of ether oxygens (including phenoxy) is 2. The van der Waals surface area contributed by atoms with Crippen LogP contribution in [0.3, 0.4) is 0 Å². The molecule has 7 heteroatoms. The Kier molecular flexibility index (Phi) is 8.02. The highest BCUT2D eigenvalue weighted by Crippen LogP contribution is 2.34. The van der Waals surface area contributed by atoms with Crippen LogP contribution in [-0.4, -0.2) is 73.9 Å². The van der Waals surface area contributed by atoms with E-state index in [9.17, 15) is 0 Å². The summed E-state index contributed by atoms with van der Waals surface area (Å²) in [6.07, 6.45) is 3.83. The zero-order valence-electron chi connectivity index (χ0n) is 19.1. The standard InChI is InChI=1S/C24H38N4O2S/c1-3-25-23(27-17-24(8-13-31-18-24)28-9-11-29-12-10-28)26-15-21-7-4-19(2)14-22(21)30-16-20-5-6-20/h4,7,14,20H,3,5-6,8-13,15-18H2,1-2H3,(H2,25,26,27). The Hall–Kier alpha value is -1.44. The number of aliphatic imine (C=N–C) groups is 1. The van der Waals surface area contributed by atoms with Crippen LogP contribution in [0.5, 0.6) is 5.75 Å². The van der Waals surface area contributed by atoms with Gasteiger partial charge in [-0.2, -0.15) is 11.8 Å². The third-order valence-corrected chi connectivity index (χ3v) is 7.73. The SMILES string of the molecule is CCNC(=NCc1ccc(C)cc1OCC1CC1)NCC1(N2CCOCC2)CCSC1. The number of nitrogens with zero attached hydrogens (tertiary/aromatic N) is 2. The third kappa shape index (κ3) is 6.30. The summed E-state index contributed by atoms with van der Waals surface area (Å²) in [6, 6.07) is 6.46. The minimum absolute atomic E-state index is 0.201. The van der Waals surface area contributed by atoms with Crippen molar-refractivity contribution in [2.75, 3.05) is 57.5 Å². The number of thioether (sulfide) groups is 1. The molecule has 1 aliphatic carbocycles. The van der Waals surface area contributed by atoms with Crippen LogP contribution in [0.25, 0.3) is 0 Å². The Balaban J connectivity index is 1.41. The van der Waals surface area contributed by atoms with E-state index in [1.165, 1.54) is 36.3 Å². The average Bonchev–Trinajstić information content (AvgIpc) is 3.50. The topological polar surface area (TPSA) is 58.1 Å². The lowest BCUT2D eigenvalue weighted by atomic mass is 9.95. The fraction of sp³-hybridized carbons (Fsp3) is 0.708. The number of aryl methyl sites for hydroxylation is 1. The van der Waals surface area contributed by atoms with Gasteiger partial charge in [0.25, 0.3) is 0 Å². The summed E-state index contributed by atoms with van der Waals surface area (Å²) in [5.74, 6) is 5.04. The van der Waals surface area contributed by atoms with Crippen molar-refractivity contribution in [1.29, 1.82) is 0 Å². The van der Waals surface area contributed by atoms with Gasteiger partial charge in [-0.15, -0.1) is 0 Å². The van der Waals surface area contributed by atoms with Crippen molar-refractivity contribution < 1.29 is 9.47 Å². The van der Waals surface area contributed by atoms with Gasteiger partial charge in [0.2, 0.25) is 0 Å². The smallest absolute Gasteiger partial charge is 0.191 e. The summed E-state index contributed by atoms with van der Waals surface area (Å²) in [7, 11) is 0. The first kappa shape index (κ1) is 22.7. The number of rotatable bonds is 9. The second-order valence-electron chi connectivity index (χ2n) is 9.04. The van der Waals surface area contributed by atoms with Gasteiger partial charge in [-0.25, -0.2) is 4.99 Å². The van der Waals surface area contributed by atoms with E-state index in [0.717, 1.165) is 69.2 Å². The monoisotopic (exact) mass is 446 g/mol. The molecular formula is C24H38N4O2S. The molecule has 4 rings (SSSR count). The minimum atomic E-state index is 0.201. The Bertz CT molecular complexity index is 741. The van der Waals surface area contributed by atoms with E-state index in [2.05, 4.69) is 59.3 Å². The van der Waals surface area contributed by atoms with E-state index in [4.69, 9.17) is 14.5 Å². The van der Waals surface area contributed by atoms with Crippen molar-refractivity contribution in [2.45, 2.75) is 45.2 Å². The van der Waals surface area contributed by atoms with Crippen molar-refractivity contribution in [3.05, 3.63) is 29.3 Å². The van der Waals surface area contributed by atoms with Gasteiger partial charge in [-0.3, -0.25) is 4.90 Å². The molecule has 0 bridgehead atoms. The number of hydrogen-bond acceptors (Lipinski definition) is 5. The zero-order chi connectivity index (χ0) is 21.5. The average molecular weight is 447 g/mol. The summed E-state index contributed by atoms with van der Waals surface area (Å²) in [6.45, 7) is 11.2. The minimum Gasteiger partial charge on any atom is -0.493 e. The molecule has 2 aliphatic heterocycles. The molecular weight excluding hydrogens is 408 g/mol. The number of guanidine groups is 1. The molecule has 1 unspecified atom stereocenters. The predicted molar refractivity (Wildman–Crippen MR) is 129 cm³/mol. The Morgan fingerprint density at radius 2 is 2.13 bits per heavy atom. The van der Waals surface area contributed by atoms with Crippen LogP contribution >= 0.6 is 11.8 Å². The summed E-state index contributed by atoms with van der Waals surface area (Å²) in [4.78, 5) is 7.55. The Morgan fingerprint density at radius 1 is 1.29 bits per heavy atom. The largest absolute Gasteiger partial charge is 0.493 e. The van der Waals surface area contributed by atoms with Crippen molar-refractivity contribution in [2.24, 2.45) is 10.9 Å².